The van der Waals surface area contributed by atoms with E-state index in [1.54, 1.807) is 17.0 Å². The standard InChI is InChI=1S/C23H29N3O4/c1-4-25-11-13-26(14-12-25)21-10-7-18(23(28)29-3)15-20(21)24-22(27)16-30-19-8-5-17(2)6-9-19/h5-10,15H,4,11-14,16H2,1-3H3,(H,24,27)/p+1. The maximum Gasteiger partial charge on any atom is 0.337 e. The molecule has 1 aliphatic heterocycles. The molecule has 0 saturated carbocycles. The molecule has 2 aromatic carbocycles. The molecule has 2 aromatic rings. The van der Waals surface area contributed by atoms with Gasteiger partial charge in [0.25, 0.3) is 5.91 Å². The van der Waals surface area contributed by atoms with Crippen molar-refractivity contribution in [2.45, 2.75) is 13.8 Å². The van der Waals surface area contributed by atoms with Gasteiger partial charge in [-0.15, -0.1) is 0 Å². The smallest absolute Gasteiger partial charge is 0.337 e. The molecule has 0 unspecified atom stereocenters. The summed E-state index contributed by atoms with van der Waals surface area (Å²) in [6.07, 6.45) is 0. The van der Waals surface area contributed by atoms with Gasteiger partial charge in [-0.1, -0.05) is 17.7 Å². The number of ether oxygens (including phenoxy) is 2. The van der Waals surface area contributed by atoms with E-state index >= 15 is 0 Å². The number of esters is 1. The maximum atomic E-state index is 12.6. The second-order valence-electron chi connectivity index (χ2n) is 7.46. The molecule has 160 valence electrons. The molecular weight excluding hydrogens is 382 g/mol. The minimum atomic E-state index is -0.437. The van der Waals surface area contributed by atoms with Gasteiger partial charge in [0.1, 0.15) is 5.75 Å². The number of nitrogens with zero attached hydrogens (tertiary/aromatic N) is 1. The van der Waals surface area contributed by atoms with E-state index in [9.17, 15) is 9.59 Å². The number of carbonyl (C=O) groups excluding carboxylic acids is 2. The number of methoxy groups -OCH3 is 1. The van der Waals surface area contributed by atoms with E-state index in [0.717, 1.165) is 44.0 Å². The number of benzene rings is 2. The zero-order valence-corrected chi connectivity index (χ0v) is 17.9. The van der Waals surface area contributed by atoms with Crippen molar-refractivity contribution in [3.05, 3.63) is 53.6 Å². The fraction of sp³-hybridized carbons (Fsp3) is 0.391. The number of piperazine rings is 1. The summed E-state index contributed by atoms with van der Waals surface area (Å²) in [6, 6.07) is 12.8. The highest BCUT2D eigenvalue weighted by atomic mass is 16.5. The highest BCUT2D eigenvalue weighted by molar-refractivity contribution is 5.98. The number of anilines is 2. The van der Waals surface area contributed by atoms with Crippen LogP contribution >= 0.6 is 0 Å². The molecule has 1 amide bonds. The highest BCUT2D eigenvalue weighted by Gasteiger charge is 2.22. The van der Waals surface area contributed by atoms with Gasteiger partial charge in [-0.2, -0.15) is 0 Å². The van der Waals surface area contributed by atoms with Gasteiger partial charge in [0.05, 0.1) is 56.8 Å². The van der Waals surface area contributed by atoms with Gasteiger partial charge in [-0.25, -0.2) is 4.79 Å². The first-order chi connectivity index (χ1) is 14.5. The molecule has 0 aliphatic carbocycles. The minimum absolute atomic E-state index is 0.112. The second-order valence-corrected chi connectivity index (χ2v) is 7.46. The van der Waals surface area contributed by atoms with E-state index in [1.165, 1.54) is 7.11 Å². The van der Waals surface area contributed by atoms with Gasteiger partial charge in [-0.3, -0.25) is 4.79 Å². The maximum absolute atomic E-state index is 12.6. The highest BCUT2D eigenvalue weighted by Crippen LogP contribution is 2.28. The first kappa shape index (κ1) is 21.6. The number of amides is 1. The van der Waals surface area contributed by atoms with Crippen LogP contribution in [0.15, 0.2) is 42.5 Å². The Kier molecular flexibility index (Phi) is 7.30. The van der Waals surface area contributed by atoms with Gasteiger partial charge in [-0.05, 0) is 44.2 Å². The van der Waals surface area contributed by atoms with E-state index in [2.05, 4.69) is 17.1 Å². The van der Waals surface area contributed by atoms with Gasteiger partial charge >= 0.3 is 5.97 Å². The van der Waals surface area contributed by atoms with Crippen LogP contribution in [-0.2, 0) is 9.53 Å². The van der Waals surface area contributed by atoms with Crippen LogP contribution in [0.1, 0.15) is 22.8 Å². The fourth-order valence-corrected chi connectivity index (χ4v) is 3.54. The monoisotopic (exact) mass is 412 g/mol. The van der Waals surface area contributed by atoms with Crippen LogP contribution in [0, 0.1) is 6.92 Å². The van der Waals surface area contributed by atoms with Gasteiger partial charge in [0, 0.05) is 0 Å². The Balaban J connectivity index is 1.73. The van der Waals surface area contributed by atoms with E-state index in [0.29, 0.717) is 17.0 Å². The van der Waals surface area contributed by atoms with Crippen LogP contribution < -0.4 is 19.9 Å². The number of aryl methyl sites for hydroxylation is 1. The third kappa shape index (κ3) is 5.51. The second kappa shape index (κ2) is 10.1. The van der Waals surface area contributed by atoms with Crippen molar-refractivity contribution in [3.63, 3.8) is 0 Å². The minimum Gasteiger partial charge on any atom is -0.484 e. The predicted octanol–water partition coefficient (Wildman–Crippen LogP) is 1.52. The van der Waals surface area contributed by atoms with Crippen molar-refractivity contribution in [3.8, 4) is 5.75 Å². The third-order valence-corrected chi connectivity index (χ3v) is 5.39. The van der Waals surface area contributed by atoms with Crippen molar-refractivity contribution in [2.24, 2.45) is 0 Å². The number of rotatable bonds is 7. The number of likely N-dealkylation sites (N-methyl/N-ethyl adjacent to an activating group) is 1. The Morgan fingerprint density at radius 1 is 1.10 bits per heavy atom. The summed E-state index contributed by atoms with van der Waals surface area (Å²) in [5.74, 6) is -0.0807. The molecular formula is C23H30N3O4+. The molecule has 1 saturated heterocycles. The molecule has 0 atom stereocenters. The van der Waals surface area contributed by atoms with Crippen molar-refractivity contribution < 1.29 is 24.0 Å². The number of hydrogen-bond donors (Lipinski definition) is 2. The Bertz CT molecular complexity index is 875. The van der Waals surface area contributed by atoms with Crippen LogP contribution in [-0.4, -0.2) is 58.3 Å². The van der Waals surface area contributed by atoms with E-state index in [-0.39, 0.29) is 12.5 Å². The molecule has 0 aromatic heterocycles. The molecule has 1 heterocycles. The van der Waals surface area contributed by atoms with Crippen molar-refractivity contribution in [2.75, 3.05) is 56.7 Å². The Morgan fingerprint density at radius 3 is 2.43 bits per heavy atom. The number of hydrogen-bond acceptors (Lipinski definition) is 5. The summed E-state index contributed by atoms with van der Waals surface area (Å²) >= 11 is 0. The van der Waals surface area contributed by atoms with Crippen LogP contribution in [0.4, 0.5) is 11.4 Å². The number of nitrogens with one attached hydrogen (secondary N) is 2. The lowest BCUT2D eigenvalue weighted by Gasteiger charge is -2.34. The number of quaternary nitrogens is 1. The van der Waals surface area contributed by atoms with Crippen molar-refractivity contribution in [1.29, 1.82) is 0 Å². The summed E-state index contributed by atoms with van der Waals surface area (Å²) in [6.45, 7) is 9.04. The summed E-state index contributed by atoms with van der Waals surface area (Å²) in [5.41, 5.74) is 3.02. The molecule has 30 heavy (non-hydrogen) atoms. The quantitative estimate of drug-likeness (QED) is 0.675. The zero-order valence-electron chi connectivity index (χ0n) is 17.9. The first-order valence-electron chi connectivity index (χ1n) is 10.3. The van der Waals surface area contributed by atoms with Crippen molar-refractivity contribution >= 4 is 23.3 Å². The Labute approximate surface area is 177 Å². The van der Waals surface area contributed by atoms with E-state index in [4.69, 9.17) is 9.47 Å². The normalized spacial score (nSPS) is 14.3. The summed E-state index contributed by atoms with van der Waals surface area (Å²) in [4.78, 5) is 28.4. The average molecular weight is 413 g/mol. The zero-order chi connectivity index (χ0) is 21.5. The average Bonchev–Trinajstić information content (AvgIpc) is 2.78. The SMILES string of the molecule is CC[NH+]1CCN(c2ccc(C(=O)OC)cc2NC(=O)COc2ccc(C)cc2)CC1. The van der Waals surface area contributed by atoms with Gasteiger partial charge in [0.15, 0.2) is 6.61 Å². The summed E-state index contributed by atoms with van der Waals surface area (Å²) in [7, 11) is 1.34. The molecule has 0 bridgehead atoms. The largest absolute Gasteiger partial charge is 0.484 e. The van der Waals surface area contributed by atoms with E-state index < -0.39 is 5.97 Å². The predicted molar refractivity (Wildman–Crippen MR) is 117 cm³/mol. The van der Waals surface area contributed by atoms with Crippen molar-refractivity contribution in [1.82, 2.24) is 0 Å². The Hall–Kier alpha value is -3.06. The molecule has 7 heteroatoms. The fourth-order valence-electron chi connectivity index (χ4n) is 3.54. The van der Waals surface area contributed by atoms with Gasteiger partial charge < -0.3 is 24.6 Å². The number of carbonyl (C=O) groups is 2. The third-order valence-electron chi connectivity index (χ3n) is 5.39. The molecule has 7 nitrogen and oxygen atoms in total. The molecule has 0 spiro atoms. The lowest BCUT2D eigenvalue weighted by atomic mass is 10.1. The van der Waals surface area contributed by atoms with E-state index in [1.807, 2.05) is 37.3 Å². The first-order valence-corrected chi connectivity index (χ1v) is 10.3. The molecule has 1 fully saturated rings. The van der Waals surface area contributed by atoms with Crippen LogP contribution in [0.5, 0.6) is 5.75 Å². The van der Waals surface area contributed by atoms with Gasteiger partial charge in [0.2, 0.25) is 0 Å². The lowest BCUT2D eigenvalue weighted by Crippen LogP contribution is -3.14. The molecule has 1 aliphatic rings. The topological polar surface area (TPSA) is 72.3 Å². The summed E-state index contributed by atoms with van der Waals surface area (Å²) in [5, 5.41) is 2.91. The van der Waals surface area contributed by atoms with Crippen LogP contribution in [0.25, 0.3) is 0 Å². The lowest BCUT2D eigenvalue weighted by molar-refractivity contribution is -0.898. The molecule has 2 N–H and O–H groups in total. The van der Waals surface area contributed by atoms with Crippen LogP contribution in [0.3, 0.4) is 0 Å². The van der Waals surface area contributed by atoms with Crippen LogP contribution in [0.2, 0.25) is 0 Å². The molecule has 0 radical (unpaired) electrons. The molecule has 3 rings (SSSR count). The Morgan fingerprint density at radius 2 is 1.80 bits per heavy atom. The summed E-state index contributed by atoms with van der Waals surface area (Å²) < 4.78 is 10.4.